The van der Waals surface area contributed by atoms with Crippen LogP contribution in [0.3, 0.4) is 0 Å². The molecule has 1 atom stereocenters. The highest BCUT2D eigenvalue weighted by Gasteiger charge is 2.14. The van der Waals surface area contributed by atoms with Crippen molar-refractivity contribution in [3.8, 4) is 0 Å². The van der Waals surface area contributed by atoms with E-state index in [1.807, 2.05) is 30.5 Å². The molecular formula is C22H29N5O3. The second kappa shape index (κ2) is 10.1. The van der Waals surface area contributed by atoms with Crippen LogP contribution in [0.25, 0.3) is 10.9 Å². The van der Waals surface area contributed by atoms with Crippen LogP contribution in [0.15, 0.2) is 43.0 Å². The quantitative estimate of drug-likeness (QED) is 0.421. The second-order valence-electron chi connectivity index (χ2n) is 7.48. The van der Waals surface area contributed by atoms with Crippen molar-refractivity contribution in [1.29, 1.82) is 0 Å². The molecule has 8 heteroatoms. The fraction of sp³-hybridized carbons (Fsp3) is 0.409. The normalized spacial score (nSPS) is 12.2. The molecule has 0 fully saturated rings. The van der Waals surface area contributed by atoms with E-state index in [0.717, 1.165) is 35.9 Å². The third kappa shape index (κ3) is 5.27. The molecule has 30 heavy (non-hydrogen) atoms. The number of primary amides is 1. The Balaban J connectivity index is 1.67. The number of carbonyl (C=O) groups is 2. The van der Waals surface area contributed by atoms with Crippen LogP contribution in [0, 0.1) is 0 Å². The van der Waals surface area contributed by atoms with E-state index in [-0.39, 0.29) is 24.2 Å². The van der Waals surface area contributed by atoms with Crippen LogP contribution in [-0.4, -0.2) is 37.6 Å². The van der Waals surface area contributed by atoms with E-state index in [4.69, 9.17) is 5.73 Å². The maximum Gasteiger partial charge on any atom is 0.268 e. The summed E-state index contributed by atoms with van der Waals surface area (Å²) >= 11 is 0. The van der Waals surface area contributed by atoms with Gasteiger partial charge in [0.2, 0.25) is 5.91 Å². The highest BCUT2D eigenvalue weighted by atomic mass is 16.3. The van der Waals surface area contributed by atoms with Gasteiger partial charge in [-0.1, -0.05) is 25.8 Å². The number of aromatic nitrogens is 3. The van der Waals surface area contributed by atoms with Gasteiger partial charge in [-0.15, -0.1) is 0 Å². The summed E-state index contributed by atoms with van der Waals surface area (Å²) in [5.74, 6) is -0.558. The Kier molecular flexibility index (Phi) is 7.24. The van der Waals surface area contributed by atoms with Crippen LogP contribution in [0.4, 0.5) is 5.69 Å². The van der Waals surface area contributed by atoms with E-state index in [0.29, 0.717) is 19.4 Å². The van der Waals surface area contributed by atoms with Gasteiger partial charge in [-0.05, 0) is 36.4 Å². The van der Waals surface area contributed by atoms with E-state index in [1.54, 1.807) is 10.8 Å². The topological polar surface area (TPSA) is 115 Å². The molecule has 160 valence electrons. The number of aliphatic hydroxyl groups excluding tert-OH is 1. The van der Waals surface area contributed by atoms with Crippen LogP contribution in [-0.2, 0) is 11.3 Å². The van der Waals surface area contributed by atoms with Crippen molar-refractivity contribution in [2.45, 2.75) is 51.6 Å². The van der Waals surface area contributed by atoms with Gasteiger partial charge >= 0.3 is 0 Å². The number of carbonyl (C=O) groups excluding carboxylic acids is 2. The number of hydrogen-bond acceptors (Lipinski definition) is 4. The lowest BCUT2D eigenvalue weighted by Gasteiger charge is -2.16. The van der Waals surface area contributed by atoms with Crippen molar-refractivity contribution in [2.75, 3.05) is 11.9 Å². The summed E-state index contributed by atoms with van der Waals surface area (Å²) in [5, 5.41) is 13.8. The summed E-state index contributed by atoms with van der Waals surface area (Å²) in [4.78, 5) is 27.3. The van der Waals surface area contributed by atoms with Crippen LogP contribution in [0.5, 0.6) is 0 Å². The summed E-state index contributed by atoms with van der Waals surface area (Å²) in [6.45, 7) is 2.70. The number of benzene rings is 1. The Bertz CT molecular complexity index is 1010. The zero-order chi connectivity index (χ0) is 21.5. The highest BCUT2D eigenvalue weighted by molar-refractivity contribution is 5.93. The van der Waals surface area contributed by atoms with E-state index < -0.39 is 5.91 Å². The molecule has 0 saturated heterocycles. The Labute approximate surface area is 175 Å². The number of aryl methyl sites for hydroxylation is 1. The van der Waals surface area contributed by atoms with Gasteiger partial charge in [0.25, 0.3) is 5.91 Å². The molecule has 1 aromatic carbocycles. The van der Waals surface area contributed by atoms with Crippen LogP contribution < -0.4 is 11.1 Å². The first-order valence-electron chi connectivity index (χ1n) is 10.3. The molecular weight excluding hydrogens is 382 g/mol. The standard InChI is InChI=1S/C22H29N5O3/c1-2-3-4-5-21(29)25-17-7-6-16-8-10-26(20(16)12-17)11-9-18(14-28)27-13-19(22(23)30)24-15-27/h6-8,10,12-13,15,18,28H,2-5,9,11,14H2,1H3,(H2,23,30)(H,25,29)/t18-/m1/s1. The number of imidazole rings is 1. The lowest BCUT2D eigenvalue weighted by molar-refractivity contribution is -0.116. The summed E-state index contributed by atoms with van der Waals surface area (Å²) in [7, 11) is 0. The zero-order valence-electron chi connectivity index (χ0n) is 17.3. The third-order valence-electron chi connectivity index (χ3n) is 5.25. The minimum Gasteiger partial charge on any atom is -0.394 e. The number of nitrogens with zero attached hydrogens (tertiary/aromatic N) is 3. The smallest absolute Gasteiger partial charge is 0.268 e. The number of aliphatic hydroxyl groups is 1. The summed E-state index contributed by atoms with van der Waals surface area (Å²) in [6, 6.07) is 7.69. The van der Waals surface area contributed by atoms with Crippen molar-refractivity contribution in [2.24, 2.45) is 5.73 Å². The van der Waals surface area contributed by atoms with Gasteiger partial charge in [0.1, 0.15) is 5.69 Å². The van der Waals surface area contributed by atoms with E-state index in [1.165, 1.54) is 6.33 Å². The lowest BCUT2D eigenvalue weighted by atomic mass is 10.2. The lowest BCUT2D eigenvalue weighted by Crippen LogP contribution is -2.15. The second-order valence-corrected chi connectivity index (χ2v) is 7.48. The number of hydrogen-bond donors (Lipinski definition) is 3. The maximum absolute atomic E-state index is 12.1. The van der Waals surface area contributed by atoms with Crippen LogP contribution >= 0.6 is 0 Å². The molecule has 4 N–H and O–H groups in total. The number of anilines is 1. The van der Waals surface area contributed by atoms with Gasteiger partial charge in [0, 0.05) is 31.0 Å². The molecule has 3 aromatic rings. The van der Waals surface area contributed by atoms with Gasteiger partial charge in [-0.2, -0.15) is 0 Å². The summed E-state index contributed by atoms with van der Waals surface area (Å²) in [6.07, 6.45) is 9.28. The molecule has 2 aromatic heterocycles. The van der Waals surface area contributed by atoms with Gasteiger partial charge in [0.05, 0.1) is 24.5 Å². The SMILES string of the molecule is CCCCCC(=O)Nc1ccc2ccn(CC[C@H](CO)n3cnc(C(N)=O)c3)c2c1. The summed E-state index contributed by atoms with van der Waals surface area (Å²) < 4.78 is 3.81. The van der Waals surface area contributed by atoms with Crippen LogP contribution in [0.2, 0.25) is 0 Å². The van der Waals surface area contributed by atoms with Gasteiger partial charge in [-0.25, -0.2) is 4.98 Å². The van der Waals surface area contributed by atoms with Gasteiger partial charge in [0.15, 0.2) is 0 Å². The average Bonchev–Trinajstić information content (AvgIpc) is 3.36. The molecule has 2 amide bonds. The molecule has 2 heterocycles. The van der Waals surface area contributed by atoms with Crippen molar-refractivity contribution in [1.82, 2.24) is 14.1 Å². The number of amides is 2. The molecule has 8 nitrogen and oxygen atoms in total. The number of fused-ring (bicyclic) bond motifs is 1. The molecule has 0 saturated carbocycles. The first-order valence-corrected chi connectivity index (χ1v) is 10.3. The number of rotatable bonds is 11. The molecule has 0 radical (unpaired) electrons. The van der Waals surface area contributed by atoms with E-state index >= 15 is 0 Å². The fourth-order valence-electron chi connectivity index (χ4n) is 3.50. The van der Waals surface area contributed by atoms with Crippen molar-refractivity contribution in [3.63, 3.8) is 0 Å². The molecule has 3 rings (SSSR count). The zero-order valence-corrected chi connectivity index (χ0v) is 17.3. The molecule has 0 aliphatic rings. The Hall–Kier alpha value is -3.13. The molecule has 0 unspecified atom stereocenters. The minimum absolute atomic E-state index is 0.0339. The Morgan fingerprint density at radius 3 is 2.80 bits per heavy atom. The van der Waals surface area contributed by atoms with Gasteiger partial charge < -0.3 is 25.3 Å². The number of unbranched alkanes of at least 4 members (excludes halogenated alkanes) is 2. The predicted octanol–water partition coefficient (Wildman–Crippen LogP) is 3.08. The van der Waals surface area contributed by atoms with Crippen LogP contribution in [0.1, 0.15) is 55.6 Å². The van der Waals surface area contributed by atoms with E-state index in [2.05, 4.69) is 21.8 Å². The first kappa shape index (κ1) is 21.6. The Morgan fingerprint density at radius 1 is 1.27 bits per heavy atom. The monoisotopic (exact) mass is 411 g/mol. The van der Waals surface area contributed by atoms with Crippen molar-refractivity contribution in [3.05, 3.63) is 48.7 Å². The third-order valence-corrected chi connectivity index (χ3v) is 5.25. The fourth-order valence-corrected chi connectivity index (χ4v) is 3.50. The Morgan fingerprint density at radius 2 is 2.10 bits per heavy atom. The molecule has 0 aliphatic carbocycles. The predicted molar refractivity (Wildman–Crippen MR) is 116 cm³/mol. The minimum atomic E-state index is -0.592. The maximum atomic E-state index is 12.1. The van der Waals surface area contributed by atoms with Crippen molar-refractivity contribution >= 4 is 28.4 Å². The van der Waals surface area contributed by atoms with Crippen molar-refractivity contribution < 1.29 is 14.7 Å². The first-order chi connectivity index (χ1) is 14.5. The highest BCUT2D eigenvalue weighted by Crippen LogP contribution is 2.23. The van der Waals surface area contributed by atoms with E-state index in [9.17, 15) is 14.7 Å². The van der Waals surface area contributed by atoms with Gasteiger partial charge in [-0.3, -0.25) is 9.59 Å². The summed E-state index contributed by atoms with van der Waals surface area (Å²) in [5.41, 5.74) is 7.23. The molecule has 0 aliphatic heterocycles. The largest absolute Gasteiger partial charge is 0.394 e. The average molecular weight is 412 g/mol. The molecule has 0 bridgehead atoms. The number of nitrogens with two attached hydrogens (primary N) is 1. The number of nitrogens with one attached hydrogen (secondary N) is 1. The molecule has 0 spiro atoms.